The van der Waals surface area contributed by atoms with E-state index in [9.17, 15) is 0 Å². The van der Waals surface area contributed by atoms with Gasteiger partial charge in [0.1, 0.15) is 0 Å². The lowest BCUT2D eigenvalue weighted by atomic mass is 10.1. The predicted octanol–water partition coefficient (Wildman–Crippen LogP) is 1.89. The maximum atomic E-state index is 9.17. The lowest BCUT2D eigenvalue weighted by Gasteiger charge is -2.01. The zero-order chi connectivity index (χ0) is 10.4. The molecule has 1 aromatic rings. The molecule has 0 aliphatic heterocycles. The molecule has 78 valence electrons. The third-order valence-corrected chi connectivity index (χ3v) is 2.07. The quantitative estimate of drug-likeness (QED) is 0.704. The second-order valence-corrected chi connectivity index (χ2v) is 3.39. The van der Waals surface area contributed by atoms with Gasteiger partial charge >= 0.3 is 0 Å². The van der Waals surface area contributed by atoms with Crippen molar-refractivity contribution in [3.63, 3.8) is 0 Å². The molecular weight excluding hydrogens is 178 g/mol. The van der Waals surface area contributed by atoms with Gasteiger partial charge in [-0.3, -0.25) is 0 Å². The Morgan fingerprint density at radius 2 is 2.07 bits per heavy atom. The molecule has 0 fully saturated rings. The predicted molar refractivity (Wildman–Crippen MR) is 56.0 cm³/mol. The van der Waals surface area contributed by atoms with Crippen LogP contribution < -0.4 is 5.73 Å². The van der Waals surface area contributed by atoms with Gasteiger partial charge in [0.15, 0.2) is 0 Å². The Balaban J connectivity index is 2.42. The zero-order valence-electron chi connectivity index (χ0n) is 8.53. The summed E-state index contributed by atoms with van der Waals surface area (Å²) < 4.78 is 0. The van der Waals surface area contributed by atoms with Crippen molar-refractivity contribution in [3.8, 4) is 5.88 Å². The Labute approximate surface area is 84.2 Å². The number of nitrogens with two attached hydrogens (primary N) is 1. The summed E-state index contributed by atoms with van der Waals surface area (Å²) in [5.74, 6) is 0.110. The Morgan fingerprint density at radius 3 is 2.71 bits per heavy atom. The highest BCUT2D eigenvalue weighted by atomic mass is 16.3. The van der Waals surface area contributed by atoms with E-state index in [1.165, 1.54) is 19.3 Å². The van der Waals surface area contributed by atoms with Gasteiger partial charge in [0.2, 0.25) is 11.8 Å². The maximum Gasteiger partial charge on any atom is 0.223 e. The fraction of sp³-hybridized carbons (Fsp3) is 0.600. The number of aromatic hydroxyl groups is 1. The molecule has 0 atom stereocenters. The van der Waals surface area contributed by atoms with Crippen molar-refractivity contribution in [1.29, 1.82) is 0 Å². The van der Waals surface area contributed by atoms with Crippen LogP contribution in [0, 0.1) is 0 Å². The molecule has 0 bridgehead atoms. The van der Waals surface area contributed by atoms with E-state index in [2.05, 4.69) is 16.9 Å². The second-order valence-electron chi connectivity index (χ2n) is 3.39. The van der Waals surface area contributed by atoms with Crippen molar-refractivity contribution < 1.29 is 5.11 Å². The Bertz CT molecular complexity index is 268. The molecule has 1 aromatic heterocycles. The van der Waals surface area contributed by atoms with Gasteiger partial charge in [-0.1, -0.05) is 26.2 Å². The van der Waals surface area contributed by atoms with Crippen molar-refractivity contribution in [3.05, 3.63) is 11.8 Å². The molecule has 14 heavy (non-hydrogen) atoms. The van der Waals surface area contributed by atoms with E-state index >= 15 is 0 Å². The largest absolute Gasteiger partial charge is 0.493 e. The lowest BCUT2D eigenvalue weighted by molar-refractivity contribution is 0.451. The van der Waals surface area contributed by atoms with E-state index in [0.717, 1.165) is 18.5 Å². The summed E-state index contributed by atoms with van der Waals surface area (Å²) in [5, 5.41) is 9.17. The zero-order valence-corrected chi connectivity index (χ0v) is 8.53. The minimum Gasteiger partial charge on any atom is -0.493 e. The SMILES string of the molecule is CCCCCCc1cc(O)nc(N)n1. The van der Waals surface area contributed by atoms with Crippen LogP contribution in [0.25, 0.3) is 0 Å². The summed E-state index contributed by atoms with van der Waals surface area (Å²) in [7, 11) is 0. The van der Waals surface area contributed by atoms with Crippen LogP contribution in [0.3, 0.4) is 0 Å². The third-order valence-electron chi connectivity index (χ3n) is 2.07. The van der Waals surface area contributed by atoms with Crippen LogP contribution in [-0.4, -0.2) is 15.1 Å². The molecule has 0 spiro atoms. The molecule has 1 rings (SSSR count). The number of nitrogen functional groups attached to an aromatic ring is 1. The fourth-order valence-corrected chi connectivity index (χ4v) is 1.36. The van der Waals surface area contributed by atoms with Gasteiger partial charge in [0, 0.05) is 11.8 Å². The molecule has 0 saturated carbocycles. The van der Waals surface area contributed by atoms with Gasteiger partial charge in [-0.2, -0.15) is 4.98 Å². The summed E-state index contributed by atoms with van der Waals surface area (Å²) in [4.78, 5) is 7.64. The van der Waals surface area contributed by atoms with Gasteiger partial charge in [0.05, 0.1) is 0 Å². The van der Waals surface area contributed by atoms with Gasteiger partial charge in [-0.05, 0) is 12.8 Å². The number of hydrogen-bond donors (Lipinski definition) is 2. The highest BCUT2D eigenvalue weighted by molar-refractivity contribution is 5.25. The molecule has 0 aliphatic rings. The third kappa shape index (κ3) is 3.60. The highest BCUT2D eigenvalue weighted by Crippen LogP contribution is 2.11. The van der Waals surface area contributed by atoms with Crippen molar-refractivity contribution in [2.45, 2.75) is 39.0 Å². The summed E-state index contributed by atoms with van der Waals surface area (Å²) in [6.45, 7) is 2.18. The lowest BCUT2D eigenvalue weighted by Crippen LogP contribution is -1.99. The molecule has 0 unspecified atom stereocenters. The monoisotopic (exact) mass is 195 g/mol. The van der Waals surface area contributed by atoms with E-state index in [1.807, 2.05) is 0 Å². The van der Waals surface area contributed by atoms with Crippen molar-refractivity contribution in [2.24, 2.45) is 0 Å². The average Bonchev–Trinajstić information content (AvgIpc) is 2.11. The molecular formula is C10H17N3O. The molecule has 0 radical (unpaired) electrons. The van der Waals surface area contributed by atoms with Gasteiger partial charge in [-0.25, -0.2) is 4.98 Å². The maximum absolute atomic E-state index is 9.17. The van der Waals surface area contributed by atoms with E-state index in [-0.39, 0.29) is 11.8 Å². The first-order chi connectivity index (χ1) is 6.72. The average molecular weight is 195 g/mol. The van der Waals surface area contributed by atoms with Crippen LogP contribution in [-0.2, 0) is 6.42 Å². The molecule has 4 heteroatoms. The van der Waals surface area contributed by atoms with Crippen molar-refractivity contribution in [2.75, 3.05) is 5.73 Å². The standard InChI is InChI=1S/C10H17N3O/c1-2-3-4-5-6-8-7-9(14)13-10(11)12-8/h7H,2-6H2,1H3,(H3,11,12,13,14). The molecule has 0 saturated heterocycles. The van der Waals surface area contributed by atoms with Crippen LogP contribution in [0.15, 0.2) is 6.07 Å². The first-order valence-corrected chi connectivity index (χ1v) is 5.04. The molecule has 1 heterocycles. The second kappa shape index (κ2) is 5.42. The van der Waals surface area contributed by atoms with Crippen molar-refractivity contribution in [1.82, 2.24) is 9.97 Å². The Hall–Kier alpha value is -1.32. The number of nitrogens with zero attached hydrogens (tertiary/aromatic N) is 2. The minimum absolute atomic E-state index is 0.0389. The molecule has 4 nitrogen and oxygen atoms in total. The first kappa shape index (κ1) is 10.8. The smallest absolute Gasteiger partial charge is 0.223 e. The number of unbranched alkanes of at least 4 members (excludes halogenated alkanes) is 3. The minimum atomic E-state index is -0.0389. The first-order valence-electron chi connectivity index (χ1n) is 5.04. The topological polar surface area (TPSA) is 72.0 Å². The summed E-state index contributed by atoms with van der Waals surface area (Å²) in [6, 6.07) is 1.57. The Morgan fingerprint density at radius 1 is 1.29 bits per heavy atom. The van der Waals surface area contributed by atoms with Crippen molar-refractivity contribution >= 4 is 5.95 Å². The van der Waals surface area contributed by atoms with Crippen LogP contribution in [0.1, 0.15) is 38.3 Å². The molecule has 3 N–H and O–H groups in total. The Kier molecular flexibility index (Phi) is 4.16. The van der Waals surface area contributed by atoms with Crippen LogP contribution in [0.4, 0.5) is 5.95 Å². The van der Waals surface area contributed by atoms with Gasteiger partial charge < -0.3 is 10.8 Å². The number of rotatable bonds is 5. The van der Waals surface area contributed by atoms with Crippen LogP contribution in [0.2, 0.25) is 0 Å². The van der Waals surface area contributed by atoms with Gasteiger partial charge in [0.25, 0.3) is 0 Å². The molecule has 0 aromatic carbocycles. The van der Waals surface area contributed by atoms with E-state index < -0.39 is 0 Å². The van der Waals surface area contributed by atoms with Crippen LogP contribution >= 0.6 is 0 Å². The summed E-state index contributed by atoms with van der Waals surface area (Å²) >= 11 is 0. The molecule has 0 amide bonds. The fourth-order valence-electron chi connectivity index (χ4n) is 1.36. The van der Waals surface area contributed by atoms with Crippen LogP contribution in [0.5, 0.6) is 5.88 Å². The van der Waals surface area contributed by atoms with E-state index in [0.29, 0.717) is 0 Å². The molecule has 0 aliphatic carbocycles. The number of anilines is 1. The van der Waals surface area contributed by atoms with E-state index in [1.54, 1.807) is 6.07 Å². The van der Waals surface area contributed by atoms with E-state index in [4.69, 9.17) is 10.8 Å². The highest BCUT2D eigenvalue weighted by Gasteiger charge is 2.00. The summed E-state index contributed by atoms with van der Waals surface area (Å²) in [6.07, 6.45) is 5.61. The summed E-state index contributed by atoms with van der Waals surface area (Å²) in [5.41, 5.74) is 6.23. The number of aryl methyl sites for hydroxylation is 1. The number of hydrogen-bond acceptors (Lipinski definition) is 4. The number of aromatic nitrogens is 2. The normalized spacial score (nSPS) is 10.4. The van der Waals surface area contributed by atoms with Gasteiger partial charge in [-0.15, -0.1) is 0 Å².